The minimum absolute atomic E-state index is 0.114. The van der Waals surface area contributed by atoms with E-state index in [4.69, 9.17) is 8.85 Å². The molecule has 0 radical (unpaired) electrons. The Balaban J connectivity index is 2.16. The molecule has 0 unspecified atom stereocenters. The first-order valence-corrected chi connectivity index (χ1v) is 22.2. The van der Waals surface area contributed by atoms with Gasteiger partial charge in [0.05, 0.1) is 12.7 Å². The molecule has 0 aromatic heterocycles. The number of hydrogen-bond acceptors (Lipinski definition) is 5. The molecule has 0 N–H and O–H groups in total. The molecule has 0 aliphatic heterocycles. The van der Waals surface area contributed by atoms with Gasteiger partial charge in [-0.05, 0) is 83.4 Å². The molecule has 234 valence electrons. The van der Waals surface area contributed by atoms with Crippen LogP contribution in [0.5, 0.6) is 0 Å². The summed E-state index contributed by atoms with van der Waals surface area (Å²) in [4.78, 5) is 3.52. The lowest BCUT2D eigenvalue weighted by atomic mass is 9.75. The van der Waals surface area contributed by atoms with Crippen molar-refractivity contribution >= 4 is 40.2 Å². The van der Waals surface area contributed by atoms with Crippen LogP contribution in [0.4, 0.5) is 5.69 Å². The van der Waals surface area contributed by atoms with E-state index in [1.165, 1.54) is 21.7 Å². The standard InChI is InChI=1S/C35H58N2O2SSi2/c1-33(2,3)41(10,11)38-23-22-37(9)31-18-15-28(16-19-31)14-17-29-26-35(7,8)27-30(20-21-36)32(29)40-25-24-39-42(12,13)34(4,5)6/h14-20H,22-27H2,1-13H3/b17-14+,30-20+. The van der Waals surface area contributed by atoms with Gasteiger partial charge in [-0.15, -0.1) is 11.8 Å². The van der Waals surface area contributed by atoms with Crippen LogP contribution in [0.1, 0.15) is 73.8 Å². The molecule has 0 heterocycles. The molecule has 0 saturated heterocycles. The van der Waals surface area contributed by atoms with Gasteiger partial charge in [-0.2, -0.15) is 5.26 Å². The van der Waals surface area contributed by atoms with Crippen molar-refractivity contribution in [3.8, 4) is 6.07 Å². The van der Waals surface area contributed by atoms with E-state index in [0.29, 0.717) is 0 Å². The maximum absolute atomic E-state index is 9.56. The van der Waals surface area contributed by atoms with Crippen LogP contribution in [0.2, 0.25) is 36.3 Å². The highest BCUT2D eigenvalue weighted by atomic mass is 32.2. The first-order chi connectivity index (χ1) is 19.2. The number of allylic oxidation sites excluding steroid dienone is 4. The van der Waals surface area contributed by atoms with Gasteiger partial charge >= 0.3 is 0 Å². The van der Waals surface area contributed by atoms with Crippen LogP contribution in [0.15, 0.2) is 52.5 Å². The molecular weight excluding hydrogens is 569 g/mol. The van der Waals surface area contributed by atoms with Crippen molar-refractivity contribution < 1.29 is 8.85 Å². The fraction of sp³-hybridized carbons (Fsp3) is 0.629. The number of nitriles is 1. The zero-order chi connectivity index (χ0) is 32.0. The van der Waals surface area contributed by atoms with Gasteiger partial charge in [-0.25, -0.2) is 0 Å². The second-order valence-electron chi connectivity index (χ2n) is 15.6. The molecule has 1 aromatic rings. The molecule has 0 amide bonds. The average Bonchev–Trinajstić information content (AvgIpc) is 2.84. The number of nitrogens with zero attached hydrogens (tertiary/aromatic N) is 2. The van der Waals surface area contributed by atoms with Gasteiger partial charge in [0.1, 0.15) is 0 Å². The van der Waals surface area contributed by atoms with E-state index >= 15 is 0 Å². The summed E-state index contributed by atoms with van der Waals surface area (Å²) in [6, 6.07) is 11.1. The van der Waals surface area contributed by atoms with E-state index < -0.39 is 16.6 Å². The number of hydrogen-bond donors (Lipinski definition) is 0. The van der Waals surface area contributed by atoms with Crippen molar-refractivity contribution in [1.29, 1.82) is 5.26 Å². The van der Waals surface area contributed by atoms with Crippen LogP contribution in [-0.4, -0.2) is 49.2 Å². The predicted octanol–water partition coefficient (Wildman–Crippen LogP) is 10.4. The summed E-state index contributed by atoms with van der Waals surface area (Å²) in [5.74, 6) is 0.891. The number of likely N-dealkylation sites (N-methyl/N-ethyl adjacent to an activating group) is 1. The first-order valence-electron chi connectivity index (χ1n) is 15.4. The third-order valence-corrected chi connectivity index (χ3v) is 19.5. The summed E-state index contributed by atoms with van der Waals surface area (Å²) in [5, 5.41) is 9.99. The quantitative estimate of drug-likeness (QED) is 0.131. The minimum Gasteiger partial charge on any atom is -0.416 e. The van der Waals surface area contributed by atoms with Gasteiger partial charge in [0.2, 0.25) is 0 Å². The van der Waals surface area contributed by atoms with Crippen LogP contribution >= 0.6 is 11.8 Å². The van der Waals surface area contributed by atoms with Crippen molar-refractivity contribution in [2.75, 3.05) is 37.5 Å². The molecule has 0 bridgehead atoms. The average molecular weight is 627 g/mol. The first kappa shape index (κ1) is 36.6. The maximum atomic E-state index is 9.56. The van der Waals surface area contributed by atoms with E-state index in [-0.39, 0.29) is 15.5 Å². The number of anilines is 1. The zero-order valence-corrected chi connectivity index (χ0v) is 31.7. The molecule has 1 aliphatic carbocycles. The van der Waals surface area contributed by atoms with Crippen molar-refractivity contribution in [1.82, 2.24) is 0 Å². The van der Waals surface area contributed by atoms with Crippen LogP contribution in [-0.2, 0) is 8.85 Å². The van der Waals surface area contributed by atoms with Crippen molar-refractivity contribution in [2.45, 2.75) is 104 Å². The van der Waals surface area contributed by atoms with E-state index in [1.807, 2.05) is 11.8 Å². The lowest BCUT2D eigenvalue weighted by Crippen LogP contribution is -2.42. The molecule has 0 spiro atoms. The molecule has 0 fully saturated rings. The van der Waals surface area contributed by atoms with E-state index in [0.717, 1.165) is 43.9 Å². The Bertz CT molecular complexity index is 1180. The summed E-state index contributed by atoms with van der Waals surface area (Å²) in [6.45, 7) is 29.9. The largest absolute Gasteiger partial charge is 0.416 e. The van der Waals surface area contributed by atoms with E-state index in [9.17, 15) is 5.26 Å². The number of benzene rings is 1. The highest BCUT2D eigenvalue weighted by Crippen LogP contribution is 2.46. The normalized spacial score (nSPS) is 17.7. The van der Waals surface area contributed by atoms with Gasteiger partial charge in [-0.3, -0.25) is 0 Å². The monoisotopic (exact) mass is 626 g/mol. The lowest BCUT2D eigenvalue weighted by molar-refractivity contribution is 0.296. The highest BCUT2D eigenvalue weighted by Gasteiger charge is 2.38. The van der Waals surface area contributed by atoms with Crippen molar-refractivity contribution in [3.63, 3.8) is 0 Å². The summed E-state index contributed by atoms with van der Waals surface area (Å²) < 4.78 is 12.8. The SMILES string of the molecule is CN(CCO[Si](C)(C)C(C)(C)C)c1ccc(/C=C/C2=C(SCCO[Si](C)(C)C(C)(C)C)C(=C/C#N)/CC(C)(C)C2)cc1. The van der Waals surface area contributed by atoms with Gasteiger partial charge in [-0.1, -0.05) is 79.7 Å². The molecule has 1 aliphatic rings. The second kappa shape index (κ2) is 14.5. The highest BCUT2D eigenvalue weighted by molar-refractivity contribution is 8.03. The Morgan fingerprint density at radius 1 is 0.905 bits per heavy atom. The molecule has 4 nitrogen and oxygen atoms in total. The zero-order valence-electron chi connectivity index (χ0n) is 28.9. The molecule has 2 rings (SSSR count). The number of rotatable bonds is 12. The smallest absolute Gasteiger partial charge is 0.192 e. The Kier molecular flexibility index (Phi) is 12.6. The van der Waals surface area contributed by atoms with E-state index in [1.54, 1.807) is 6.08 Å². The molecule has 0 atom stereocenters. The minimum atomic E-state index is -1.78. The van der Waals surface area contributed by atoms with Gasteiger partial charge in [0.15, 0.2) is 16.6 Å². The second-order valence-corrected chi connectivity index (χ2v) is 26.3. The van der Waals surface area contributed by atoms with Crippen LogP contribution in [0.25, 0.3) is 6.08 Å². The molecular formula is C35H58N2O2SSi2. The maximum Gasteiger partial charge on any atom is 0.192 e. The Hall–Kier alpha value is -1.57. The van der Waals surface area contributed by atoms with Crippen LogP contribution in [0.3, 0.4) is 0 Å². The lowest BCUT2D eigenvalue weighted by Gasteiger charge is -2.36. The van der Waals surface area contributed by atoms with Crippen LogP contribution < -0.4 is 4.90 Å². The molecule has 1 aromatic carbocycles. The van der Waals surface area contributed by atoms with Crippen LogP contribution in [0, 0.1) is 16.7 Å². The third kappa shape index (κ3) is 10.6. The fourth-order valence-electron chi connectivity index (χ4n) is 4.45. The Morgan fingerprint density at radius 2 is 1.45 bits per heavy atom. The number of thioether (sulfide) groups is 1. The molecule has 7 heteroatoms. The molecule has 0 saturated carbocycles. The Labute approximate surface area is 264 Å². The summed E-state index contributed by atoms with van der Waals surface area (Å²) in [6.07, 6.45) is 8.16. The van der Waals surface area contributed by atoms with Gasteiger partial charge in [0.25, 0.3) is 0 Å². The third-order valence-electron chi connectivity index (χ3n) is 9.27. The predicted molar refractivity (Wildman–Crippen MR) is 191 cm³/mol. The summed E-state index contributed by atoms with van der Waals surface area (Å²) >= 11 is 1.85. The molecule has 42 heavy (non-hydrogen) atoms. The van der Waals surface area contributed by atoms with E-state index in [2.05, 4.69) is 136 Å². The van der Waals surface area contributed by atoms with Gasteiger partial charge < -0.3 is 13.8 Å². The van der Waals surface area contributed by atoms with Crippen molar-refractivity contribution in [2.24, 2.45) is 5.41 Å². The topological polar surface area (TPSA) is 45.5 Å². The summed E-state index contributed by atoms with van der Waals surface area (Å²) in [5.41, 5.74) is 4.96. The Morgan fingerprint density at radius 3 is 1.98 bits per heavy atom. The van der Waals surface area contributed by atoms with Crippen molar-refractivity contribution in [3.05, 3.63) is 58.0 Å². The summed E-state index contributed by atoms with van der Waals surface area (Å²) in [7, 11) is -1.38. The van der Waals surface area contributed by atoms with Gasteiger partial charge in [0, 0.05) is 42.6 Å². The fourth-order valence-corrected chi connectivity index (χ4v) is 7.69.